The van der Waals surface area contributed by atoms with Gasteiger partial charge in [0.1, 0.15) is 0 Å². The summed E-state index contributed by atoms with van der Waals surface area (Å²) in [6, 6.07) is 8.00. The first-order chi connectivity index (χ1) is 9.03. The molecule has 1 amide bonds. The van der Waals surface area contributed by atoms with Gasteiger partial charge in [0.25, 0.3) is 0 Å². The molecule has 0 saturated carbocycles. The third-order valence-electron chi connectivity index (χ3n) is 3.84. The van der Waals surface area contributed by atoms with Crippen LogP contribution in [0.25, 0.3) is 0 Å². The van der Waals surface area contributed by atoms with Gasteiger partial charge in [-0.25, -0.2) is 0 Å². The van der Waals surface area contributed by atoms with E-state index < -0.39 is 5.54 Å². The first-order valence-electron chi connectivity index (χ1n) is 6.83. The summed E-state index contributed by atoms with van der Waals surface area (Å²) in [6.45, 7) is 4.94. The second kappa shape index (κ2) is 6.06. The summed E-state index contributed by atoms with van der Waals surface area (Å²) in [7, 11) is 0. The lowest BCUT2D eigenvalue weighted by atomic mass is 9.89. The number of hydrogen-bond donors (Lipinski definition) is 2. The highest BCUT2D eigenvalue weighted by atomic mass is 79.9. The molecule has 1 aromatic carbocycles. The van der Waals surface area contributed by atoms with E-state index in [1.165, 1.54) is 0 Å². The Bertz CT molecular complexity index is 455. The van der Waals surface area contributed by atoms with Gasteiger partial charge < -0.3 is 10.6 Å². The lowest BCUT2D eigenvalue weighted by Gasteiger charge is -2.34. The molecule has 1 heterocycles. The number of rotatable bonds is 3. The van der Waals surface area contributed by atoms with Crippen LogP contribution in [0.1, 0.15) is 44.7 Å². The van der Waals surface area contributed by atoms with E-state index in [1.54, 1.807) is 0 Å². The van der Waals surface area contributed by atoms with Crippen molar-refractivity contribution in [2.24, 2.45) is 0 Å². The Kier molecular flexibility index (Phi) is 4.63. The van der Waals surface area contributed by atoms with Crippen LogP contribution in [0.4, 0.5) is 0 Å². The molecule has 19 heavy (non-hydrogen) atoms. The maximum atomic E-state index is 12.4. The fourth-order valence-electron chi connectivity index (χ4n) is 2.51. The summed E-state index contributed by atoms with van der Waals surface area (Å²) in [4.78, 5) is 12.4. The van der Waals surface area contributed by atoms with Crippen LogP contribution < -0.4 is 10.6 Å². The second-order valence-electron chi connectivity index (χ2n) is 5.43. The van der Waals surface area contributed by atoms with Crippen LogP contribution >= 0.6 is 15.9 Å². The number of carbonyl (C=O) groups excluding carboxylic acids is 1. The largest absolute Gasteiger partial charge is 0.348 e. The molecule has 0 radical (unpaired) electrons. The molecule has 1 aromatic rings. The minimum Gasteiger partial charge on any atom is -0.348 e. The van der Waals surface area contributed by atoms with Crippen molar-refractivity contribution in [2.75, 3.05) is 6.54 Å². The Morgan fingerprint density at radius 1 is 1.42 bits per heavy atom. The highest BCUT2D eigenvalue weighted by Gasteiger charge is 2.34. The molecule has 2 N–H and O–H groups in total. The average Bonchev–Trinajstić information content (AvgIpc) is 2.40. The Hall–Kier alpha value is -0.870. The van der Waals surface area contributed by atoms with Crippen LogP contribution in [0.5, 0.6) is 0 Å². The molecule has 2 atom stereocenters. The van der Waals surface area contributed by atoms with E-state index in [0.29, 0.717) is 0 Å². The highest BCUT2D eigenvalue weighted by molar-refractivity contribution is 9.10. The number of amides is 1. The summed E-state index contributed by atoms with van der Waals surface area (Å²) in [5.74, 6) is 0.0930. The molecule has 104 valence electrons. The average molecular weight is 325 g/mol. The van der Waals surface area contributed by atoms with E-state index in [1.807, 2.05) is 38.1 Å². The number of carbonyl (C=O) groups is 1. The molecule has 3 nitrogen and oxygen atoms in total. The molecule has 1 aliphatic rings. The molecule has 0 spiro atoms. The SMILES string of the molecule is CC(NC(=O)C1(C)CCCCN1)c1ccccc1Br. The number of benzene rings is 1. The maximum Gasteiger partial charge on any atom is 0.240 e. The van der Waals surface area contributed by atoms with Gasteiger partial charge >= 0.3 is 0 Å². The molecule has 1 fully saturated rings. The lowest BCUT2D eigenvalue weighted by molar-refractivity contribution is -0.128. The predicted octanol–water partition coefficient (Wildman–Crippen LogP) is 3.16. The van der Waals surface area contributed by atoms with Crippen molar-refractivity contribution in [3.8, 4) is 0 Å². The lowest BCUT2D eigenvalue weighted by Crippen LogP contribution is -2.57. The van der Waals surface area contributed by atoms with Gasteiger partial charge in [0.05, 0.1) is 11.6 Å². The Labute approximate surface area is 123 Å². The first-order valence-corrected chi connectivity index (χ1v) is 7.63. The zero-order valence-electron chi connectivity index (χ0n) is 11.5. The van der Waals surface area contributed by atoms with Crippen molar-refractivity contribution in [1.82, 2.24) is 10.6 Å². The fraction of sp³-hybridized carbons (Fsp3) is 0.533. The van der Waals surface area contributed by atoms with Crippen molar-refractivity contribution in [1.29, 1.82) is 0 Å². The molecular weight excluding hydrogens is 304 g/mol. The topological polar surface area (TPSA) is 41.1 Å². The molecule has 1 saturated heterocycles. The molecule has 2 unspecified atom stereocenters. The van der Waals surface area contributed by atoms with Crippen LogP contribution in [0.3, 0.4) is 0 Å². The molecule has 0 aromatic heterocycles. The number of halogens is 1. The third-order valence-corrected chi connectivity index (χ3v) is 4.56. The predicted molar refractivity (Wildman–Crippen MR) is 81.0 cm³/mol. The van der Waals surface area contributed by atoms with Crippen molar-refractivity contribution >= 4 is 21.8 Å². The van der Waals surface area contributed by atoms with Crippen molar-refractivity contribution in [2.45, 2.75) is 44.7 Å². The minimum absolute atomic E-state index is 0.00336. The maximum absolute atomic E-state index is 12.4. The quantitative estimate of drug-likeness (QED) is 0.896. The molecule has 0 bridgehead atoms. The minimum atomic E-state index is -0.423. The second-order valence-corrected chi connectivity index (χ2v) is 6.29. The van der Waals surface area contributed by atoms with Crippen LogP contribution in [-0.4, -0.2) is 18.0 Å². The molecule has 2 rings (SSSR count). The van der Waals surface area contributed by atoms with Gasteiger partial charge in [0.15, 0.2) is 0 Å². The van der Waals surface area contributed by atoms with E-state index in [0.717, 1.165) is 35.8 Å². The highest BCUT2D eigenvalue weighted by Crippen LogP contribution is 2.25. The fourth-order valence-corrected chi connectivity index (χ4v) is 3.14. The van der Waals surface area contributed by atoms with E-state index in [4.69, 9.17) is 0 Å². The van der Waals surface area contributed by atoms with Crippen LogP contribution in [0, 0.1) is 0 Å². The van der Waals surface area contributed by atoms with Crippen LogP contribution in [-0.2, 0) is 4.79 Å². The van der Waals surface area contributed by atoms with Crippen LogP contribution in [0.2, 0.25) is 0 Å². The van der Waals surface area contributed by atoms with Crippen molar-refractivity contribution < 1.29 is 4.79 Å². The van der Waals surface area contributed by atoms with Gasteiger partial charge in [-0.15, -0.1) is 0 Å². The van der Waals surface area contributed by atoms with Gasteiger partial charge in [0.2, 0.25) is 5.91 Å². The zero-order chi connectivity index (χ0) is 13.9. The summed E-state index contributed by atoms with van der Waals surface area (Å²) in [5.41, 5.74) is 0.684. The smallest absolute Gasteiger partial charge is 0.240 e. The molecule has 4 heteroatoms. The molecule has 1 aliphatic heterocycles. The Morgan fingerprint density at radius 3 is 2.79 bits per heavy atom. The standard InChI is InChI=1S/C15H21BrN2O/c1-11(12-7-3-4-8-13(12)16)18-14(19)15(2)9-5-6-10-17-15/h3-4,7-8,11,17H,5-6,9-10H2,1-2H3,(H,18,19). The number of piperidine rings is 1. The third kappa shape index (κ3) is 3.37. The van der Waals surface area contributed by atoms with E-state index in [2.05, 4.69) is 26.6 Å². The van der Waals surface area contributed by atoms with Gasteiger partial charge in [0, 0.05) is 4.47 Å². The van der Waals surface area contributed by atoms with Crippen molar-refractivity contribution in [3.63, 3.8) is 0 Å². The monoisotopic (exact) mass is 324 g/mol. The Morgan fingerprint density at radius 2 is 2.16 bits per heavy atom. The van der Waals surface area contributed by atoms with Crippen LogP contribution in [0.15, 0.2) is 28.7 Å². The van der Waals surface area contributed by atoms with Gasteiger partial charge in [-0.3, -0.25) is 4.79 Å². The zero-order valence-corrected chi connectivity index (χ0v) is 13.1. The normalized spacial score (nSPS) is 24.8. The van der Waals surface area contributed by atoms with Gasteiger partial charge in [-0.1, -0.05) is 34.1 Å². The van der Waals surface area contributed by atoms with Gasteiger partial charge in [-0.2, -0.15) is 0 Å². The van der Waals surface area contributed by atoms with E-state index >= 15 is 0 Å². The number of nitrogens with one attached hydrogen (secondary N) is 2. The molecular formula is C15H21BrN2O. The van der Waals surface area contributed by atoms with Crippen molar-refractivity contribution in [3.05, 3.63) is 34.3 Å². The summed E-state index contributed by atoms with van der Waals surface area (Å²) in [6.07, 6.45) is 3.17. The first kappa shape index (κ1) is 14.5. The van der Waals surface area contributed by atoms with E-state index in [9.17, 15) is 4.79 Å². The number of hydrogen-bond acceptors (Lipinski definition) is 2. The summed E-state index contributed by atoms with van der Waals surface area (Å²) in [5, 5.41) is 6.46. The van der Waals surface area contributed by atoms with E-state index in [-0.39, 0.29) is 11.9 Å². The van der Waals surface area contributed by atoms with Gasteiger partial charge in [-0.05, 0) is 51.3 Å². The summed E-state index contributed by atoms with van der Waals surface area (Å²) < 4.78 is 1.03. The molecule has 0 aliphatic carbocycles. The Balaban J connectivity index is 2.04. The summed E-state index contributed by atoms with van der Waals surface area (Å²) >= 11 is 3.53.